The molecule has 3 N–H and O–H groups in total. The zero-order chi connectivity index (χ0) is 21.5. The van der Waals surface area contributed by atoms with Crippen molar-refractivity contribution in [1.82, 2.24) is 15.0 Å². The summed E-state index contributed by atoms with van der Waals surface area (Å²) < 4.78 is 18.4. The second kappa shape index (κ2) is 9.95. The van der Waals surface area contributed by atoms with Gasteiger partial charge in [0.15, 0.2) is 0 Å². The van der Waals surface area contributed by atoms with Gasteiger partial charge in [0, 0.05) is 55.7 Å². The molecule has 1 aromatic carbocycles. The number of rotatable bonds is 9. The minimum Gasteiger partial charge on any atom is -0.478 e. The Balaban J connectivity index is 1.96. The van der Waals surface area contributed by atoms with Crippen molar-refractivity contribution in [2.75, 3.05) is 30.9 Å². The van der Waals surface area contributed by atoms with Crippen LogP contribution in [0.2, 0.25) is 5.02 Å². The molecule has 0 saturated heterocycles. The maximum absolute atomic E-state index is 13.4. The molecular weight excluding hydrogens is 413 g/mol. The predicted molar refractivity (Wildman–Crippen MR) is 112 cm³/mol. The summed E-state index contributed by atoms with van der Waals surface area (Å²) in [6, 6.07) is 5.76. The molecule has 0 atom stereocenters. The summed E-state index contributed by atoms with van der Waals surface area (Å²) in [5, 5.41) is 15.6. The Morgan fingerprint density at radius 1 is 1.27 bits per heavy atom. The third kappa shape index (κ3) is 5.19. The molecule has 2 heterocycles. The van der Waals surface area contributed by atoms with Crippen LogP contribution in [0.1, 0.15) is 16.8 Å². The van der Waals surface area contributed by atoms with E-state index in [9.17, 15) is 14.3 Å². The first kappa shape index (κ1) is 21.4. The van der Waals surface area contributed by atoms with E-state index >= 15 is 0 Å². The number of nitrogens with zero attached hydrogens (tertiary/aromatic N) is 3. The number of halogens is 2. The third-order valence-electron chi connectivity index (χ3n) is 4.12. The SMILES string of the molecule is COCCCNc1nc(Nc2ccc(F)c(Cl)c2)ncc1-c1ccncc1C(=O)O. The van der Waals surface area contributed by atoms with Crippen molar-refractivity contribution in [3.63, 3.8) is 0 Å². The van der Waals surface area contributed by atoms with Gasteiger partial charge in [0.2, 0.25) is 5.95 Å². The molecule has 0 aliphatic heterocycles. The number of carboxylic acids is 1. The molecule has 0 spiro atoms. The van der Waals surface area contributed by atoms with E-state index < -0.39 is 11.8 Å². The van der Waals surface area contributed by atoms with Gasteiger partial charge in [0.1, 0.15) is 11.6 Å². The van der Waals surface area contributed by atoms with Crippen LogP contribution in [0.5, 0.6) is 0 Å². The van der Waals surface area contributed by atoms with Gasteiger partial charge in [-0.15, -0.1) is 0 Å². The van der Waals surface area contributed by atoms with E-state index in [2.05, 4.69) is 25.6 Å². The van der Waals surface area contributed by atoms with E-state index in [0.717, 1.165) is 6.42 Å². The van der Waals surface area contributed by atoms with Crippen LogP contribution in [0.3, 0.4) is 0 Å². The van der Waals surface area contributed by atoms with Gasteiger partial charge in [0.25, 0.3) is 0 Å². The van der Waals surface area contributed by atoms with E-state index in [0.29, 0.717) is 35.8 Å². The van der Waals surface area contributed by atoms with Gasteiger partial charge in [-0.2, -0.15) is 4.98 Å². The molecule has 0 aliphatic rings. The van der Waals surface area contributed by atoms with Crippen LogP contribution in [0.25, 0.3) is 11.1 Å². The molecule has 8 nitrogen and oxygen atoms in total. The molecule has 0 fully saturated rings. The van der Waals surface area contributed by atoms with Gasteiger partial charge in [0.05, 0.1) is 10.6 Å². The Morgan fingerprint density at radius 2 is 2.10 bits per heavy atom. The maximum Gasteiger partial charge on any atom is 0.337 e. The number of benzene rings is 1. The molecule has 30 heavy (non-hydrogen) atoms. The first-order valence-corrected chi connectivity index (χ1v) is 9.37. The van der Waals surface area contributed by atoms with E-state index in [1.807, 2.05) is 0 Å². The Labute approximate surface area is 177 Å². The number of methoxy groups -OCH3 is 1. The molecule has 0 radical (unpaired) electrons. The fraction of sp³-hybridized carbons (Fsp3) is 0.200. The first-order chi connectivity index (χ1) is 14.5. The second-order valence-electron chi connectivity index (χ2n) is 6.21. The molecule has 0 bridgehead atoms. The van der Waals surface area contributed by atoms with Crippen molar-refractivity contribution in [1.29, 1.82) is 0 Å². The highest BCUT2D eigenvalue weighted by molar-refractivity contribution is 6.31. The van der Waals surface area contributed by atoms with Gasteiger partial charge >= 0.3 is 5.97 Å². The van der Waals surface area contributed by atoms with Crippen LogP contribution in [0.4, 0.5) is 21.8 Å². The average Bonchev–Trinajstić information content (AvgIpc) is 2.74. The summed E-state index contributed by atoms with van der Waals surface area (Å²) in [4.78, 5) is 24.2. The normalized spacial score (nSPS) is 10.6. The number of nitrogens with one attached hydrogen (secondary N) is 2. The highest BCUT2D eigenvalue weighted by atomic mass is 35.5. The molecule has 3 rings (SSSR count). The fourth-order valence-corrected chi connectivity index (χ4v) is 2.88. The second-order valence-corrected chi connectivity index (χ2v) is 6.62. The minimum atomic E-state index is -1.11. The number of hydrogen-bond acceptors (Lipinski definition) is 7. The van der Waals surface area contributed by atoms with E-state index in [1.54, 1.807) is 13.2 Å². The zero-order valence-corrected chi connectivity index (χ0v) is 16.8. The van der Waals surface area contributed by atoms with Crippen LogP contribution in [-0.4, -0.2) is 46.3 Å². The summed E-state index contributed by atoms with van der Waals surface area (Å²) >= 11 is 5.82. The number of carboxylic acid groups (broad SMARTS) is 1. The van der Waals surface area contributed by atoms with Crippen molar-refractivity contribution >= 4 is 35.0 Å². The monoisotopic (exact) mass is 431 g/mol. The summed E-state index contributed by atoms with van der Waals surface area (Å²) in [5.41, 5.74) is 1.49. The highest BCUT2D eigenvalue weighted by Crippen LogP contribution is 2.30. The molecule has 10 heteroatoms. The molecular formula is C20H19ClFN5O3. The van der Waals surface area contributed by atoms with Gasteiger partial charge < -0.3 is 20.5 Å². The summed E-state index contributed by atoms with van der Waals surface area (Å²) in [7, 11) is 1.61. The lowest BCUT2D eigenvalue weighted by Crippen LogP contribution is -2.10. The smallest absolute Gasteiger partial charge is 0.337 e. The highest BCUT2D eigenvalue weighted by Gasteiger charge is 2.17. The Bertz CT molecular complexity index is 1050. The molecule has 0 unspecified atom stereocenters. The standard InChI is InChI=1S/C20H19ClFN5O3/c1-30-8-2-6-24-18-14(13-5-7-23-10-15(13)19(28)29)11-25-20(27-18)26-12-3-4-17(22)16(21)9-12/h3-5,7,9-11H,2,6,8H2,1H3,(H,28,29)(H2,24,25,26,27). The number of ether oxygens (including phenoxy) is 1. The third-order valence-corrected chi connectivity index (χ3v) is 4.41. The maximum atomic E-state index is 13.4. The molecule has 0 saturated carbocycles. The van der Waals surface area contributed by atoms with Crippen LogP contribution in [-0.2, 0) is 4.74 Å². The molecule has 0 amide bonds. The Hall–Kier alpha value is -3.30. The van der Waals surface area contributed by atoms with Crippen LogP contribution in [0, 0.1) is 5.82 Å². The molecule has 156 valence electrons. The van der Waals surface area contributed by atoms with Crippen LogP contribution < -0.4 is 10.6 Å². The van der Waals surface area contributed by atoms with Crippen molar-refractivity contribution in [2.45, 2.75) is 6.42 Å². The molecule has 0 aliphatic carbocycles. The van der Waals surface area contributed by atoms with Crippen molar-refractivity contribution < 1.29 is 19.0 Å². The van der Waals surface area contributed by atoms with E-state index in [1.165, 1.54) is 36.8 Å². The first-order valence-electron chi connectivity index (χ1n) is 8.99. The van der Waals surface area contributed by atoms with Gasteiger partial charge in [-0.1, -0.05) is 11.6 Å². The van der Waals surface area contributed by atoms with Crippen molar-refractivity contribution in [3.05, 3.63) is 59.3 Å². The Kier molecular flexibility index (Phi) is 7.10. The van der Waals surface area contributed by atoms with E-state index in [4.69, 9.17) is 16.3 Å². The predicted octanol–water partition coefficient (Wildman–Crippen LogP) is 4.22. The number of carbonyl (C=O) groups is 1. The quantitative estimate of drug-likeness (QED) is 0.432. The zero-order valence-electron chi connectivity index (χ0n) is 16.0. The number of hydrogen-bond donors (Lipinski definition) is 3. The number of pyridine rings is 1. The van der Waals surface area contributed by atoms with E-state index in [-0.39, 0.29) is 16.5 Å². The molecule has 2 aromatic heterocycles. The lowest BCUT2D eigenvalue weighted by molar-refractivity contribution is 0.0697. The topological polar surface area (TPSA) is 109 Å². The number of aromatic nitrogens is 3. The average molecular weight is 432 g/mol. The number of anilines is 3. The van der Waals surface area contributed by atoms with Crippen molar-refractivity contribution in [3.8, 4) is 11.1 Å². The Morgan fingerprint density at radius 3 is 2.83 bits per heavy atom. The largest absolute Gasteiger partial charge is 0.478 e. The lowest BCUT2D eigenvalue weighted by Gasteiger charge is -2.14. The van der Waals surface area contributed by atoms with Crippen LogP contribution in [0.15, 0.2) is 42.9 Å². The summed E-state index contributed by atoms with van der Waals surface area (Å²) in [6.45, 7) is 1.11. The van der Waals surface area contributed by atoms with Gasteiger partial charge in [-0.05, 0) is 30.7 Å². The fourth-order valence-electron chi connectivity index (χ4n) is 2.70. The molecule has 3 aromatic rings. The lowest BCUT2D eigenvalue weighted by atomic mass is 10.0. The van der Waals surface area contributed by atoms with Crippen LogP contribution >= 0.6 is 11.6 Å². The van der Waals surface area contributed by atoms with Gasteiger partial charge in [-0.25, -0.2) is 14.2 Å². The number of aromatic carboxylic acids is 1. The van der Waals surface area contributed by atoms with Gasteiger partial charge in [-0.3, -0.25) is 4.98 Å². The summed E-state index contributed by atoms with van der Waals surface area (Å²) in [6.07, 6.45) is 5.02. The summed E-state index contributed by atoms with van der Waals surface area (Å²) in [5.74, 6) is -0.962. The van der Waals surface area contributed by atoms with Crippen molar-refractivity contribution in [2.24, 2.45) is 0 Å². The minimum absolute atomic E-state index is 0.0302.